The van der Waals surface area contributed by atoms with E-state index in [9.17, 15) is 0 Å². The molecule has 0 aliphatic heterocycles. The second kappa shape index (κ2) is 6.79. The third-order valence-electron chi connectivity index (χ3n) is 3.70. The van der Waals surface area contributed by atoms with Gasteiger partial charge in [-0.3, -0.25) is 0 Å². The lowest BCUT2D eigenvalue weighted by Crippen LogP contribution is -2.27. The molecule has 1 rings (SSSR count). The molecule has 0 fully saturated rings. The molecule has 0 aromatic heterocycles. The van der Waals surface area contributed by atoms with E-state index in [1.807, 2.05) is 0 Å². The number of hydrogen-bond acceptors (Lipinski definition) is 2. The summed E-state index contributed by atoms with van der Waals surface area (Å²) in [5.74, 6) is 1.57. The Morgan fingerprint density at radius 3 is 2.44 bits per heavy atom. The van der Waals surface area contributed by atoms with Gasteiger partial charge in [0.2, 0.25) is 0 Å². The summed E-state index contributed by atoms with van der Waals surface area (Å²) in [7, 11) is 1.77. The standard InChI is InChI=1S/C16H27NO/c1-7-17-13(4)10-12(3)15-9-8-11(2)14(5)16(15)18-6/h8-9,12-13,17H,7,10H2,1-6H3. The minimum Gasteiger partial charge on any atom is -0.496 e. The lowest BCUT2D eigenvalue weighted by Gasteiger charge is -2.22. The van der Waals surface area contributed by atoms with Gasteiger partial charge in [0.15, 0.2) is 0 Å². The number of methoxy groups -OCH3 is 1. The van der Waals surface area contributed by atoms with Gasteiger partial charge in [-0.25, -0.2) is 0 Å². The van der Waals surface area contributed by atoms with Crippen molar-refractivity contribution in [2.45, 2.75) is 53.0 Å². The number of benzene rings is 1. The SMILES string of the molecule is CCNC(C)CC(C)c1ccc(C)c(C)c1OC. The van der Waals surface area contributed by atoms with Crippen molar-refractivity contribution in [3.05, 3.63) is 28.8 Å². The van der Waals surface area contributed by atoms with Crippen LogP contribution in [-0.4, -0.2) is 19.7 Å². The van der Waals surface area contributed by atoms with E-state index < -0.39 is 0 Å². The van der Waals surface area contributed by atoms with Gasteiger partial charge in [-0.05, 0) is 56.3 Å². The summed E-state index contributed by atoms with van der Waals surface area (Å²) in [6.45, 7) is 12.0. The molecule has 0 amide bonds. The Hall–Kier alpha value is -1.02. The molecule has 2 unspecified atom stereocenters. The van der Waals surface area contributed by atoms with Gasteiger partial charge < -0.3 is 10.1 Å². The van der Waals surface area contributed by atoms with Crippen molar-refractivity contribution in [2.24, 2.45) is 0 Å². The van der Waals surface area contributed by atoms with Gasteiger partial charge >= 0.3 is 0 Å². The van der Waals surface area contributed by atoms with Gasteiger partial charge in [0.25, 0.3) is 0 Å². The van der Waals surface area contributed by atoms with Crippen LogP contribution in [0.3, 0.4) is 0 Å². The minimum absolute atomic E-state index is 0.508. The molecule has 1 aromatic rings. The smallest absolute Gasteiger partial charge is 0.125 e. The number of rotatable bonds is 6. The monoisotopic (exact) mass is 249 g/mol. The molecule has 2 nitrogen and oxygen atoms in total. The van der Waals surface area contributed by atoms with Crippen molar-refractivity contribution in [3.63, 3.8) is 0 Å². The molecule has 2 atom stereocenters. The molecule has 0 saturated heterocycles. The van der Waals surface area contributed by atoms with Crippen LogP contribution in [0.4, 0.5) is 0 Å². The van der Waals surface area contributed by atoms with Gasteiger partial charge in [0, 0.05) is 6.04 Å². The van der Waals surface area contributed by atoms with Crippen LogP contribution < -0.4 is 10.1 Å². The van der Waals surface area contributed by atoms with Crippen LogP contribution in [0.25, 0.3) is 0 Å². The first-order valence-electron chi connectivity index (χ1n) is 6.88. The quantitative estimate of drug-likeness (QED) is 0.828. The first-order valence-corrected chi connectivity index (χ1v) is 6.88. The number of aryl methyl sites for hydroxylation is 1. The summed E-state index contributed by atoms with van der Waals surface area (Å²) in [6, 6.07) is 4.95. The van der Waals surface area contributed by atoms with Crippen molar-refractivity contribution < 1.29 is 4.74 Å². The largest absolute Gasteiger partial charge is 0.496 e. The Bertz CT molecular complexity index is 387. The van der Waals surface area contributed by atoms with Crippen molar-refractivity contribution in [3.8, 4) is 5.75 Å². The summed E-state index contributed by atoms with van der Waals surface area (Å²) in [6.07, 6.45) is 1.13. The first kappa shape index (κ1) is 15.0. The zero-order chi connectivity index (χ0) is 13.7. The molecule has 102 valence electrons. The summed E-state index contributed by atoms with van der Waals surface area (Å²) in [4.78, 5) is 0. The molecule has 0 heterocycles. The van der Waals surface area contributed by atoms with Crippen LogP contribution in [-0.2, 0) is 0 Å². The summed E-state index contributed by atoms with van der Waals surface area (Å²) < 4.78 is 5.60. The van der Waals surface area contributed by atoms with E-state index in [1.165, 1.54) is 16.7 Å². The minimum atomic E-state index is 0.508. The van der Waals surface area contributed by atoms with Crippen molar-refractivity contribution in [2.75, 3.05) is 13.7 Å². The van der Waals surface area contributed by atoms with E-state index in [-0.39, 0.29) is 0 Å². The summed E-state index contributed by atoms with van der Waals surface area (Å²) in [5, 5.41) is 3.47. The molecule has 0 saturated carbocycles. The number of nitrogens with one attached hydrogen (secondary N) is 1. The number of hydrogen-bond donors (Lipinski definition) is 1. The maximum absolute atomic E-state index is 5.60. The summed E-state index contributed by atoms with van der Waals surface area (Å²) >= 11 is 0. The highest BCUT2D eigenvalue weighted by Crippen LogP contribution is 2.33. The Labute approximate surface area is 112 Å². The predicted octanol–water partition coefficient (Wildman–Crippen LogP) is 3.80. The van der Waals surface area contributed by atoms with Crippen LogP contribution in [0.15, 0.2) is 12.1 Å². The summed E-state index contributed by atoms with van der Waals surface area (Å²) in [5.41, 5.74) is 3.88. The molecular formula is C16H27NO. The van der Waals surface area contributed by atoms with Crippen LogP contribution in [0.1, 0.15) is 49.8 Å². The average molecular weight is 249 g/mol. The Morgan fingerprint density at radius 2 is 1.89 bits per heavy atom. The number of ether oxygens (including phenoxy) is 1. The van der Waals surface area contributed by atoms with Crippen molar-refractivity contribution in [1.82, 2.24) is 5.32 Å². The van der Waals surface area contributed by atoms with Crippen molar-refractivity contribution >= 4 is 0 Å². The fourth-order valence-corrected chi connectivity index (χ4v) is 2.56. The van der Waals surface area contributed by atoms with E-state index >= 15 is 0 Å². The third kappa shape index (κ3) is 3.49. The van der Waals surface area contributed by atoms with E-state index in [0.29, 0.717) is 12.0 Å². The molecular weight excluding hydrogens is 222 g/mol. The zero-order valence-electron chi connectivity index (χ0n) is 12.6. The van der Waals surface area contributed by atoms with E-state index in [4.69, 9.17) is 4.74 Å². The zero-order valence-corrected chi connectivity index (χ0v) is 12.6. The molecule has 2 heteroatoms. The molecule has 1 aromatic carbocycles. The molecule has 0 radical (unpaired) electrons. The Kier molecular flexibility index (Phi) is 5.67. The molecule has 0 aliphatic carbocycles. The molecule has 0 spiro atoms. The van der Waals surface area contributed by atoms with Crippen LogP contribution >= 0.6 is 0 Å². The lowest BCUT2D eigenvalue weighted by atomic mass is 9.91. The Morgan fingerprint density at radius 1 is 1.22 bits per heavy atom. The van der Waals surface area contributed by atoms with Gasteiger partial charge in [-0.15, -0.1) is 0 Å². The maximum Gasteiger partial charge on any atom is 0.125 e. The van der Waals surface area contributed by atoms with E-state index in [2.05, 4.69) is 52.1 Å². The topological polar surface area (TPSA) is 21.3 Å². The molecule has 0 bridgehead atoms. The van der Waals surface area contributed by atoms with Gasteiger partial charge in [-0.2, -0.15) is 0 Å². The first-order chi connectivity index (χ1) is 8.51. The van der Waals surface area contributed by atoms with Crippen LogP contribution in [0.5, 0.6) is 5.75 Å². The van der Waals surface area contributed by atoms with Gasteiger partial charge in [-0.1, -0.05) is 26.0 Å². The second-order valence-corrected chi connectivity index (χ2v) is 5.23. The van der Waals surface area contributed by atoms with E-state index in [0.717, 1.165) is 18.7 Å². The van der Waals surface area contributed by atoms with Crippen LogP contribution in [0, 0.1) is 13.8 Å². The van der Waals surface area contributed by atoms with Crippen molar-refractivity contribution in [1.29, 1.82) is 0 Å². The predicted molar refractivity (Wildman–Crippen MR) is 78.6 cm³/mol. The van der Waals surface area contributed by atoms with Crippen LogP contribution in [0.2, 0.25) is 0 Å². The highest BCUT2D eigenvalue weighted by atomic mass is 16.5. The highest BCUT2D eigenvalue weighted by molar-refractivity contribution is 5.46. The van der Waals surface area contributed by atoms with Gasteiger partial charge in [0.1, 0.15) is 5.75 Å². The molecule has 1 N–H and O–H groups in total. The van der Waals surface area contributed by atoms with E-state index in [1.54, 1.807) is 7.11 Å². The lowest BCUT2D eigenvalue weighted by molar-refractivity contribution is 0.397. The average Bonchev–Trinajstić information content (AvgIpc) is 2.32. The third-order valence-corrected chi connectivity index (χ3v) is 3.70. The fourth-order valence-electron chi connectivity index (χ4n) is 2.56. The highest BCUT2D eigenvalue weighted by Gasteiger charge is 2.16. The Balaban J connectivity index is 2.91. The molecule has 0 aliphatic rings. The van der Waals surface area contributed by atoms with Gasteiger partial charge in [0.05, 0.1) is 7.11 Å². The second-order valence-electron chi connectivity index (χ2n) is 5.23. The fraction of sp³-hybridized carbons (Fsp3) is 0.625. The normalized spacial score (nSPS) is 14.3. The maximum atomic E-state index is 5.60. The molecule has 18 heavy (non-hydrogen) atoms.